The molecule has 0 radical (unpaired) electrons. The minimum absolute atomic E-state index is 0.120. The number of imidazole rings is 1. The van der Waals surface area contributed by atoms with Crippen LogP contribution in [0.15, 0.2) is 36.7 Å². The number of hydrogen-bond donors (Lipinski definition) is 0. The molecule has 0 bridgehead atoms. The molecule has 0 N–H and O–H groups in total. The molecule has 0 amide bonds. The number of aryl methyl sites for hydroxylation is 1. The first-order valence-corrected chi connectivity index (χ1v) is 6.57. The number of aromatic nitrogens is 2. The number of carbonyl (C=O) groups excluding carboxylic acids is 1. The number of halogens is 1. The lowest BCUT2D eigenvalue weighted by Gasteiger charge is -2.05. The van der Waals surface area contributed by atoms with Gasteiger partial charge in [0.1, 0.15) is 5.82 Å². The van der Waals surface area contributed by atoms with Crippen LogP contribution in [0.3, 0.4) is 0 Å². The van der Waals surface area contributed by atoms with Crippen LogP contribution in [0, 0.1) is 3.57 Å². The largest absolute Gasteiger partial charge is 0.327 e. The van der Waals surface area contributed by atoms with E-state index in [1.165, 1.54) is 0 Å². The molecule has 2 aromatic rings. The van der Waals surface area contributed by atoms with Crippen LogP contribution in [-0.4, -0.2) is 15.3 Å². The lowest BCUT2D eigenvalue weighted by molar-refractivity contribution is 0.0971. The highest BCUT2D eigenvalue weighted by Gasteiger charge is 2.08. The van der Waals surface area contributed by atoms with Crippen LogP contribution in [0.1, 0.15) is 23.1 Å². The molecule has 0 saturated carbocycles. The predicted octanol–water partition coefficient (Wildman–Crippen LogP) is 2.93. The van der Waals surface area contributed by atoms with E-state index in [1.54, 1.807) is 6.20 Å². The summed E-state index contributed by atoms with van der Waals surface area (Å²) in [5.41, 5.74) is 0.751. The summed E-state index contributed by atoms with van der Waals surface area (Å²) in [5, 5.41) is 0. The van der Waals surface area contributed by atoms with Gasteiger partial charge in [0.15, 0.2) is 5.78 Å². The Morgan fingerprint density at radius 3 is 2.71 bits per heavy atom. The third kappa shape index (κ3) is 2.94. The van der Waals surface area contributed by atoms with Crippen molar-refractivity contribution in [1.29, 1.82) is 0 Å². The van der Waals surface area contributed by atoms with Crippen molar-refractivity contribution >= 4 is 28.4 Å². The smallest absolute Gasteiger partial charge is 0.182 e. The lowest BCUT2D eigenvalue weighted by Crippen LogP contribution is -2.12. The zero-order valence-corrected chi connectivity index (χ0v) is 11.7. The second-order valence-electron chi connectivity index (χ2n) is 3.75. The van der Waals surface area contributed by atoms with Crippen LogP contribution in [0.25, 0.3) is 0 Å². The number of rotatable bonds is 4. The molecule has 17 heavy (non-hydrogen) atoms. The highest BCUT2D eigenvalue weighted by molar-refractivity contribution is 14.1. The van der Waals surface area contributed by atoms with E-state index in [0.29, 0.717) is 6.54 Å². The summed E-state index contributed by atoms with van der Waals surface area (Å²) in [6.45, 7) is 2.40. The normalized spacial score (nSPS) is 10.5. The van der Waals surface area contributed by atoms with Gasteiger partial charge in [0, 0.05) is 27.9 Å². The summed E-state index contributed by atoms with van der Waals surface area (Å²) in [5.74, 6) is 1.07. The minimum atomic E-state index is 0.120. The van der Waals surface area contributed by atoms with Crippen molar-refractivity contribution < 1.29 is 4.79 Å². The maximum Gasteiger partial charge on any atom is 0.182 e. The summed E-state index contributed by atoms with van der Waals surface area (Å²) >= 11 is 2.23. The molecule has 0 unspecified atom stereocenters. The molecule has 1 aromatic heterocycles. The Hall–Kier alpha value is -1.17. The average Bonchev–Trinajstić information content (AvgIpc) is 2.77. The molecule has 3 nitrogen and oxygen atoms in total. The molecule has 88 valence electrons. The maximum absolute atomic E-state index is 12.0. The van der Waals surface area contributed by atoms with Crippen LogP contribution in [0.4, 0.5) is 0 Å². The minimum Gasteiger partial charge on any atom is -0.327 e. The van der Waals surface area contributed by atoms with Crippen LogP contribution >= 0.6 is 22.6 Å². The molecule has 0 aliphatic rings. The highest BCUT2D eigenvalue weighted by atomic mass is 127. The van der Waals surface area contributed by atoms with Gasteiger partial charge in [-0.05, 0) is 34.7 Å². The van der Waals surface area contributed by atoms with Gasteiger partial charge in [-0.1, -0.05) is 19.1 Å². The Bertz CT molecular complexity index is 516. The van der Waals surface area contributed by atoms with Crippen molar-refractivity contribution in [3.05, 3.63) is 51.6 Å². The SMILES string of the molecule is CCc1nccn1CC(=O)c1ccc(I)cc1. The Labute approximate surface area is 114 Å². The van der Waals surface area contributed by atoms with Crippen molar-refractivity contribution in [3.63, 3.8) is 0 Å². The van der Waals surface area contributed by atoms with E-state index < -0.39 is 0 Å². The van der Waals surface area contributed by atoms with Gasteiger partial charge in [0.25, 0.3) is 0 Å². The Morgan fingerprint density at radius 2 is 2.06 bits per heavy atom. The number of benzene rings is 1. The zero-order valence-electron chi connectivity index (χ0n) is 9.56. The lowest BCUT2D eigenvalue weighted by atomic mass is 10.1. The zero-order chi connectivity index (χ0) is 12.3. The Kier molecular flexibility index (Phi) is 3.93. The van der Waals surface area contributed by atoms with Crippen molar-refractivity contribution in [2.45, 2.75) is 19.9 Å². The number of nitrogens with zero attached hydrogens (tertiary/aromatic N) is 2. The van der Waals surface area contributed by atoms with Crippen LogP contribution in [-0.2, 0) is 13.0 Å². The van der Waals surface area contributed by atoms with Crippen molar-refractivity contribution in [2.75, 3.05) is 0 Å². The number of Topliss-reactive ketones (excluding diaryl/α,β-unsaturated/α-hetero) is 1. The van der Waals surface area contributed by atoms with E-state index in [0.717, 1.165) is 21.4 Å². The van der Waals surface area contributed by atoms with Crippen LogP contribution in [0.5, 0.6) is 0 Å². The maximum atomic E-state index is 12.0. The average molecular weight is 340 g/mol. The molecule has 0 fully saturated rings. The fourth-order valence-electron chi connectivity index (χ4n) is 1.68. The quantitative estimate of drug-likeness (QED) is 0.634. The first-order valence-electron chi connectivity index (χ1n) is 5.49. The third-order valence-electron chi connectivity index (χ3n) is 2.60. The summed E-state index contributed by atoms with van der Waals surface area (Å²) in [7, 11) is 0. The van der Waals surface area contributed by atoms with Crippen molar-refractivity contribution in [2.24, 2.45) is 0 Å². The standard InChI is InChI=1S/C13H13IN2O/c1-2-13-15-7-8-16(13)9-12(17)10-3-5-11(14)6-4-10/h3-8H,2,9H2,1H3. The summed E-state index contributed by atoms with van der Waals surface area (Å²) in [4.78, 5) is 16.2. The third-order valence-corrected chi connectivity index (χ3v) is 3.32. The van der Waals surface area contributed by atoms with Gasteiger partial charge in [-0.15, -0.1) is 0 Å². The van der Waals surface area contributed by atoms with Crippen molar-refractivity contribution in [1.82, 2.24) is 9.55 Å². The first kappa shape index (κ1) is 12.3. The van der Waals surface area contributed by atoms with Gasteiger partial charge < -0.3 is 4.57 Å². The van der Waals surface area contributed by atoms with Gasteiger partial charge in [-0.3, -0.25) is 4.79 Å². The van der Waals surface area contributed by atoms with Gasteiger partial charge in [0.2, 0.25) is 0 Å². The first-order chi connectivity index (χ1) is 8.20. The van der Waals surface area contributed by atoms with E-state index in [-0.39, 0.29) is 5.78 Å². The number of ketones is 1. The van der Waals surface area contributed by atoms with E-state index in [4.69, 9.17) is 0 Å². The summed E-state index contributed by atoms with van der Waals surface area (Å²) in [6, 6.07) is 7.63. The molecular weight excluding hydrogens is 327 g/mol. The topological polar surface area (TPSA) is 34.9 Å². The van der Waals surface area contributed by atoms with Crippen LogP contribution in [0.2, 0.25) is 0 Å². The fraction of sp³-hybridized carbons (Fsp3) is 0.231. The molecule has 2 rings (SSSR count). The Morgan fingerprint density at radius 1 is 1.35 bits per heavy atom. The number of carbonyl (C=O) groups is 1. The molecule has 0 aliphatic heterocycles. The highest BCUT2D eigenvalue weighted by Crippen LogP contribution is 2.09. The van der Waals surface area contributed by atoms with E-state index in [1.807, 2.05) is 42.0 Å². The van der Waals surface area contributed by atoms with E-state index in [2.05, 4.69) is 27.6 Å². The molecule has 0 spiro atoms. The summed E-state index contributed by atoms with van der Waals surface area (Å²) in [6.07, 6.45) is 4.43. The van der Waals surface area contributed by atoms with Gasteiger partial charge >= 0.3 is 0 Å². The molecule has 0 atom stereocenters. The second-order valence-corrected chi connectivity index (χ2v) is 5.00. The van der Waals surface area contributed by atoms with Gasteiger partial charge in [-0.2, -0.15) is 0 Å². The molecule has 4 heteroatoms. The van der Waals surface area contributed by atoms with E-state index in [9.17, 15) is 4.79 Å². The molecule has 1 heterocycles. The number of hydrogen-bond acceptors (Lipinski definition) is 2. The van der Waals surface area contributed by atoms with Gasteiger partial charge in [0.05, 0.1) is 6.54 Å². The summed E-state index contributed by atoms with van der Waals surface area (Å²) < 4.78 is 3.04. The molecule has 1 aromatic carbocycles. The van der Waals surface area contributed by atoms with Crippen molar-refractivity contribution in [3.8, 4) is 0 Å². The second kappa shape index (κ2) is 5.44. The molecular formula is C13H13IN2O. The predicted molar refractivity (Wildman–Crippen MR) is 75.1 cm³/mol. The molecule has 0 aliphatic carbocycles. The van der Waals surface area contributed by atoms with Gasteiger partial charge in [-0.25, -0.2) is 4.98 Å². The van der Waals surface area contributed by atoms with Crippen LogP contribution < -0.4 is 0 Å². The fourth-order valence-corrected chi connectivity index (χ4v) is 2.04. The monoisotopic (exact) mass is 340 g/mol. The van der Waals surface area contributed by atoms with E-state index >= 15 is 0 Å². The molecule has 0 saturated heterocycles. The Balaban J connectivity index is 2.14.